The molecule has 0 saturated carbocycles. The molecule has 0 fully saturated rings. The number of carbonyl (C=O) groups is 1. The number of carbonyl (C=O) groups excluding carboxylic acids is 1. The molecule has 0 atom stereocenters. The van der Waals surface area contributed by atoms with Gasteiger partial charge in [0, 0.05) is 12.6 Å². The first-order valence-electron chi connectivity index (χ1n) is 5.24. The number of nitrogens with zero attached hydrogens (tertiary/aromatic N) is 1. The Morgan fingerprint density at radius 2 is 2.00 bits per heavy atom. The molecule has 2 rings (SSSR count). The average molecular weight is 245 g/mol. The van der Waals surface area contributed by atoms with Gasteiger partial charge in [-0.15, -0.1) is 0 Å². The number of hydrogen-bond donors (Lipinski definition) is 3. The summed E-state index contributed by atoms with van der Waals surface area (Å²) in [5, 5.41) is 11.8. The molecule has 1 aromatic heterocycles. The van der Waals surface area contributed by atoms with Gasteiger partial charge >= 0.3 is 0 Å². The van der Waals surface area contributed by atoms with Crippen molar-refractivity contribution in [2.75, 3.05) is 7.05 Å². The highest BCUT2D eigenvalue weighted by atomic mass is 16.3. The van der Waals surface area contributed by atoms with Crippen LogP contribution in [0, 0.1) is 0 Å². The summed E-state index contributed by atoms with van der Waals surface area (Å²) >= 11 is 0. The van der Waals surface area contributed by atoms with E-state index in [1.54, 1.807) is 24.3 Å². The van der Waals surface area contributed by atoms with Gasteiger partial charge in [0.2, 0.25) is 5.75 Å². The van der Waals surface area contributed by atoms with Crippen molar-refractivity contribution in [1.29, 1.82) is 0 Å². The molecule has 0 aliphatic heterocycles. The second-order valence-corrected chi connectivity index (χ2v) is 3.56. The number of H-pyrrole nitrogens is 1. The largest absolute Gasteiger partial charge is 0.501 e. The minimum Gasteiger partial charge on any atom is -0.501 e. The van der Waals surface area contributed by atoms with Crippen LogP contribution in [0.15, 0.2) is 35.1 Å². The van der Waals surface area contributed by atoms with E-state index in [0.29, 0.717) is 5.56 Å². The fourth-order valence-electron chi connectivity index (χ4n) is 1.48. The summed E-state index contributed by atoms with van der Waals surface area (Å²) in [6, 6.07) is 8.86. The second-order valence-electron chi connectivity index (χ2n) is 3.56. The first kappa shape index (κ1) is 11.8. The fraction of sp³-hybridized carbons (Fsp3) is 0.0833. The smallest absolute Gasteiger partial charge is 0.294 e. The van der Waals surface area contributed by atoms with Crippen molar-refractivity contribution in [1.82, 2.24) is 15.3 Å². The highest BCUT2D eigenvalue weighted by Crippen LogP contribution is 2.16. The molecule has 3 N–H and O–H groups in total. The van der Waals surface area contributed by atoms with E-state index in [9.17, 15) is 14.7 Å². The lowest BCUT2D eigenvalue weighted by Gasteiger charge is -2.05. The van der Waals surface area contributed by atoms with Crippen molar-refractivity contribution in [2.45, 2.75) is 0 Å². The third kappa shape index (κ3) is 2.08. The van der Waals surface area contributed by atoms with Crippen LogP contribution in [-0.4, -0.2) is 28.0 Å². The Kier molecular flexibility index (Phi) is 3.09. The van der Waals surface area contributed by atoms with Crippen LogP contribution in [0.4, 0.5) is 0 Å². The van der Waals surface area contributed by atoms with Crippen molar-refractivity contribution in [3.05, 3.63) is 46.4 Å². The topological polar surface area (TPSA) is 95.1 Å². The maximum Gasteiger partial charge on any atom is 0.294 e. The molecule has 0 aliphatic carbocycles. The molecule has 92 valence electrons. The number of nitrogens with one attached hydrogen (secondary N) is 2. The molecular weight excluding hydrogens is 234 g/mol. The molecule has 0 saturated heterocycles. The summed E-state index contributed by atoms with van der Waals surface area (Å²) in [7, 11) is 1.40. The van der Waals surface area contributed by atoms with E-state index in [1.165, 1.54) is 7.05 Å². The van der Waals surface area contributed by atoms with E-state index in [0.717, 1.165) is 0 Å². The Bertz CT molecular complexity index is 635. The van der Waals surface area contributed by atoms with Gasteiger partial charge < -0.3 is 15.4 Å². The van der Waals surface area contributed by atoms with Gasteiger partial charge in [0.25, 0.3) is 11.5 Å². The summed E-state index contributed by atoms with van der Waals surface area (Å²) in [5.41, 5.74) is -0.387. The van der Waals surface area contributed by atoms with Gasteiger partial charge in [0.05, 0.1) is 0 Å². The number of aromatic amines is 1. The van der Waals surface area contributed by atoms with Crippen molar-refractivity contribution in [3.8, 4) is 17.1 Å². The Balaban J connectivity index is 2.62. The van der Waals surface area contributed by atoms with Crippen LogP contribution >= 0.6 is 0 Å². The molecule has 1 heterocycles. The molecule has 0 radical (unpaired) electrons. The van der Waals surface area contributed by atoms with Crippen LogP contribution in [-0.2, 0) is 0 Å². The second kappa shape index (κ2) is 4.70. The van der Waals surface area contributed by atoms with Crippen molar-refractivity contribution in [2.24, 2.45) is 0 Å². The molecule has 0 spiro atoms. The van der Waals surface area contributed by atoms with E-state index < -0.39 is 17.2 Å². The summed E-state index contributed by atoms with van der Waals surface area (Å²) in [6.45, 7) is 0. The highest BCUT2D eigenvalue weighted by molar-refractivity contribution is 5.94. The van der Waals surface area contributed by atoms with Gasteiger partial charge in [-0.1, -0.05) is 30.3 Å². The first-order chi connectivity index (χ1) is 8.63. The lowest BCUT2D eigenvalue weighted by molar-refractivity contribution is 0.0955. The Labute approximate surface area is 102 Å². The summed E-state index contributed by atoms with van der Waals surface area (Å²) in [4.78, 5) is 29.4. The predicted octanol–water partition coefficient (Wildman–Crippen LogP) is 0.502. The zero-order valence-corrected chi connectivity index (χ0v) is 9.60. The summed E-state index contributed by atoms with van der Waals surface area (Å²) in [6.07, 6.45) is 0. The van der Waals surface area contributed by atoms with Crippen LogP contribution < -0.4 is 10.9 Å². The number of rotatable bonds is 2. The van der Waals surface area contributed by atoms with Gasteiger partial charge in [-0.3, -0.25) is 9.59 Å². The number of hydrogen-bond acceptors (Lipinski definition) is 4. The standard InChI is InChI=1S/C12H11N3O3/c1-13-11(17)8-9(16)12(18)15-10(14-8)7-5-3-2-4-6-7/h2-6,16H,1H3,(H,13,17)(H,14,15,18). The molecule has 1 amide bonds. The summed E-state index contributed by atoms with van der Waals surface area (Å²) in [5.74, 6) is -1.07. The van der Waals surface area contributed by atoms with E-state index in [4.69, 9.17) is 0 Å². The Hall–Kier alpha value is -2.63. The molecule has 6 nitrogen and oxygen atoms in total. The van der Waals surface area contributed by atoms with Crippen molar-refractivity contribution in [3.63, 3.8) is 0 Å². The van der Waals surface area contributed by atoms with Gasteiger partial charge in [-0.2, -0.15) is 0 Å². The van der Waals surface area contributed by atoms with Crippen LogP contribution in [0.5, 0.6) is 5.75 Å². The molecule has 6 heteroatoms. The van der Waals surface area contributed by atoms with E-state index in [1.807, 2.05) is 6.07 Å². The molecule has 1 aromatic carbocycles. The van der Waals surface area contributed by atoms with Crippen LogP contribution in [0.3, 0.4) is 0 Å². The number of benzene rings is 1. The minimum atomic E-state index is -0.748. The molecule has 0 unspecified atom stereocenters. The Morgan fingerprint density at radius 3 is 2.61 bits per heavy atom. The zero-order valence-electron chi connectivity index (χ0n) is 9.60. The lowest BCUT2D eigenvalue weighted by atomic mass is 10.2. The lowest BCUT2D eigenvalue weighted by Crippen LogP contribution is -2.23. The molecule has 18 heavy (non-hydrogen) atoms. The first-order valence-corrected chi connectivity index (χ1v) is 5.24. The quantitative estimate of drug-likeness (QED) is 0.718. The van der Waals surface area contributed by atoms with Crippen LogP contribution in [0.25, 0.3) is 11.4 Å². The van der Waals surface area contributed by atoms with Crippen molar-refractivity contribution >= 4 is 5.91 Å². The molecular formula is C12H11N3O3. The Morgan fingerprint density at radius 1 is 1.33 bits per heavy atom. The summed E-state index contributed by atoms with van der Waals surface area (Å²) < 4.78 is 0. The van der Waals surface area contributed by atoms with E-state index >= 15 is 0 Å². The third-order valence-corrected chi connectivity index (χ3v) is 2.38. The molecule has 2 aromatic rings. The fourth-order valence-corrected chi connectivity index (χ4v) is 1.48. The SMILES string of the molecule is CNC(=O)c1nc(-c2ccccc2)[nH]c(=O)c1O. The third-order valence-electron chi connectivity index (χ3n) is 2.38. The average Bonchev–Trinajstić information content (AvgIpc) is 2.41. The monoisotopic (exact) mass is 245 g/mol. The van der Waals surface area contributed by atoms with Crippen LogP contribution in [0.1, 0.15) is 10.5 Å². The van der Waals surface area contributed by atoms with Crippen molar-refractivity contribution < 1.29 is 9.90 Å². The van der Waals surface area contributed by atoms with Crippen LogP contribution in [0.2, 0.25) is 0 Å². The van der Waals surface area contributed by atoms with E-state index in [2.05, 4.69) is 15.3 Å². The van der Waals surface area contributed by atoms with Gasteiger partial charge in [0.1, 0.15) is 5.82 Å². The number of aromatic nitrogens is 2. The highest BCUT2D eigenvalue weighted by Gasteiger charge is 2.16. The minimum absolute atomic E-state index is 0.233. The maximum absolute atomic E-state index is 11.5. The maximum atomic E-state index is 11.5. The van der Waals surface area contributed by atoms with Gasteiger partial charge in [-0.25, -0.2) is 4.98 Å². The predicted molar refractivity (Wildman–Crippen MR) is 65.3 cm³/mol. The number of amides is 1. The normalized spacial score (nSPS) is 10.1. The molecule has 0 aliphatic rings. The van der Waals surface area contributed by atoms with Gasteiger partial charge in [0.15, 0.2) is 5.69 Å². The van der Waals surface area contributed by atoms with E-state index in [-0.39, 0.29) is 11.5 Å². The number of aromatic hydroxyl groups is 1. The zero-order chi connectivity index (χ0) is 13.1. The molecule has 0 bridgehead atoms. The van der Waals surface area contributed by atoms with Gasteiger partial charge in [-0.05, 0) is 0 Å².